The van der Waals surface area contributed by atoms with Crippen molar-refractivity contribution in [1.29, 1.82) is 0 Å². The third kappa shape index (κ3) is 4.79. The van der Waals surface area contributed by atoms with Crippen LogP contribution in [0.5, 0.6) is 5.75 Å². The molecule has 2 rings (SSSR count). The summed E-state index contributed by atoms with van der Waals surface area (Å²) in [4.78, 5) is 12.5. The molecular formula is C20H24F2N2O2. The van der Waals surface area contributed by atoms with Gasteiger partial charge in [0.05, 0.1) is 19.2 Å². The fourth-order valence-corrected chi connectivity index (χ4v) is 2.83. The molecule has 140 valence electrons. The molecule has 0 saturated carbocycles. The zero-order valence-electron chi connectivity index (χ0n) is 15.3. The molecule has 26 heavy (non-hydrogen) atoms. The predicted octanol–water partition coefficient (Wildman–Crippen LogP) is 3.89. The van der Waals surface area contributed by atoms with Crippen LogP contribution in [0.2, 0.25) is 0 Å². The van der Waals surface area contributed by atoms with Crippen LogP contribution in [-0.4, -0.2) is 19.1 Å². The molecule has 4 nitrogen and oxygen atoms in total. The largest absolute Gasteiger partial charge is 0.496 e. The summed E-state index contributed by atoms with van der Waals surface area (Å²) >= 11 is 0. The van der Waals surface area contributed by atoms with E-state index in [-0.39, 0.29) is 11.9 Å². The smallest absolute Gasteiger partial charge is 0.237 e. The van der Waals surface area contributed by atoms with Crippen molar-refractivity contribution in [3.63, 3.8) is 0 Å². The summed E-state index contributed by atoms with van der Waals surface area (Å²) in [7, 11) is 1.58. The number of halogens is 2. The molecular weight excluding hydrogens is 338 g/mol. The molecule has 0 spiro atoms. The van der Waals surface area contributed by atoms with Gasteiger partial charge in [0, 0.05) is 23.2 Å². The molecule has 2 N–H and O–H groups in total. The molecule has 0 fully saturated rings. The summed E-state index contributed by atoms with van der Waals surface area (Å²) in [5.74, 6) is -0.796. The van der Waals surface area contributed by atoms with Gasteiger partial charge in [0.1, 0.15) is 17.4 Å². The maximum Gasteiger partial charge on any atom is 0.237 e. The first-order chi connectivity index (χ1) is 12.3. The molecule has 2 aromatic rings. The number of hydrogen-bond acceptors (Lipinski definition) is 3. The van der Waals surface area contributed by atoms with Gasteiger partial charge in [0.2, 0.25) is 5.91 Å². The lowest BCUT2D eigenvalue weighted by Gasteiger charge is -2.23. The van der Waals surface area contributed by atoms with Crippen molar-refractivity contribution in [3.05, 3.63) is 65.2 Å². The molecule has 2 aromatic carbocycles. The molecule has 0 aliphatic heterocycles. The highest BCUT2D eigenvalue weighted by Gasteiger charge is 2.21. The van der Waals surface area contributed by atoms with Crippen LogP contribution in [0.1, 0.15) is 44.0 Å². The number of rotatable bonds is 7. The summed E-state index contributed by atoms with van der Waals surface area (Å²) in [6.45, 7) is 5.29. The van der Waals surface area contributed by atoms with Crippen LogP contribution in [0, 0.1) is 11.6 Å². The number of benzene rings is 2. The quantitative estimate of drug-likeness (QED) is 0.786. The summed E-state index contributed by atoms with van der Waals surface area (Å²) in [5, 5.41) is 5.95. The zero-order chi connectivity index (χ0) is 19.3. The third-order valence-electron chi connectivity index (χ3n) is 4.29. The maximum absolute atomic E-state index is 13.9. The van der Waals surface area contributed by atoms with Gasteiger partial charge in [0.15, 0.2) is 0 Å². The highest BCUT2D eigenvalue weighted by Crippen LogP contribution is 2.24. The van der Waals surface area contributed by atoms with Crippen LogP contribution in [-0.2, 0) is 4.79 Å². The van der Waals surface area contributed by atoms with E-state index in [0.29, 0.717) is 11.3 Å². The van der Waals surface area contributed by atoms with Gasteiger partial charge in [-0.2, -0.15) is 0 Å². The van der Waals surface area contributed by atoms with E-state index in [1.54, 1.807) is 21.0 Å². The monoisotopic (exact) mass is 362 g/mol. The molecule has 6 heteroatoms. The van der Waals surface area contributed by atoms with Gasteiger partial charge >= 0.3 is 0 Å². The minimum absolute atomic E-state index is 0.224. The number of methoxy groups -OCH3 is 1. The number of hydrogen-bond donors (Lipinski definition) is 2. The highest BCUT2D eigenvalue weighted by molar-refractivity contribution is 5.81. The molecule has 0 radical (unpaired) electrons. The average molecular weight is 362 g/mol. The summed E-state index contributed by atoms with van der Waals surface area (Å²) in [6.07, 6.45) is 0. The minimum atomic E-state index is -0.639. The Morgan fingerprint density at radius 2 is 1.69 bits per heavy atom. The first-order valence-corrected chi connectivity index (χ1v) is 8.47. The van der Waals surface area contributed by atoms with E-state index in [2.05, 4.69) is 10.6 Å². The van der Waals surface area contributed by atoms with E-state index in [0.717, 1.165) is 11.6 Å². The molecule has 0 saturated heterocycles. The Morgan fingerprint density at radius 3 is 2.35 bits per heavy atom. The number of amides is 1. The SMILES string of the molecule is COc1ccccc1C(C)NC(=O)C(C)NC(C)c1ccc(F)cc1F. The van der Waals surface area contributed by atoms with Gasteiger partial charge in [-0.15, -0.1) is 0 Å². The summed E-state index contributed by atoms with van der Waals surface area (Å²) < 4.78 is 32.2. The molecule has 0 aliphatic carbocycles. The first-order valence-electron chi connectivity index (χ1n) is 8.47. The van der Waals surface area contributed by atoms with Gasteiger partial charge in [-0.05, 0) is 32.9 Å². The van der Waals surface area contributed by atoms with E-state index < -0.39 is 23.7 Å². The Kier molecular flexibility index (Phi) is 6.69. The molecule has 0 heterocycles. The maximum atomic E-state index is 13.9. The molecule has 3 unspecified atom stereocenters. The number of carbonyl (C=O) groups excluding carboxylic acids is 1. The predicted molar refractivity (Wildman–Crippen MR) is 96.9 cm³/mol. The standard InChI is InChI=1S/C20H24F2N2O2/c1-12(16-10-9-15(21)11-18(16)22)23-14(3)20(25)24-13(2)17-7-5-6-8-19(17)26-4/h5-14,23H,1-4H3,(H,24,25). The van der Waals surface area contributed by atoms with Crippen molar-refractivity contribution in [2.45, 2.75) is 38.9 Å². The van der Waals surface area contributed by atoms with Gasteiger partial charge in [-0.1, -0.05) is 24.3 Å². The topological polar surface area (TPSA) is 50.4 Å². The van der Waals surface area contributed by atoms with Crippen molar-refractivity contribution in [1.82, 2.24) is 10.6 Å². The molecule has 0 aromatic heterocycles. The first kappa shape index (κ1) is 19.8. The van der Waals surface area contributed by atoms with Gasteiger partial charge in [-0.3, -0.25) is 10.1 Å². The fraction of sp³-hybridized carbons (Fsp3) is 0.350. The lowest BCUT2D eigenvalue weighted by atomic mass is 10.1. The lowest BCUT2D eigenvalue weighted by Crippen LogP contribution is -2.44. The second-order valence-corrected chi connectivity index (χ2v) is 6.25. The molecule has 1 amide bonds. The van der Waals surface area contributed by atoms with Crippen molar-refractivity contribution < 1.29 is 18.3 Å². The van der Waals surface area contributed by atoms with Crippen LogP contribution >= 0.6 is 0 Å². The van der Waals surface area contributed by atoms with Crippen molar-refractivity contribution in [2.24, 2.45) is 0 Å². The van der Waals surface area contributed by atoms with Crippen molar-refractivity contribution in [2.75, 3.05) is 7.11 Å². The number of nitrogens with one attached hydrogen (secondary N) is 2. The van der Waals surface area contributed by atoms with Gasteiger partial charge in [0.25, 0.3) is 0 Å². The van der Waals surface area contributed by atoms with Crippen LogP contribution in [0.15, 0.2) is 42.5 Å². The average Bonchev–Trinajstić information content (AvgIpc) is 2.61. The van der Waals surface area contributed by atoms with Crippen LogP contribution in [0.25, 0.3) is 0 Å². The second-order valence-electron chi connectivity index (χ2n) is 6.25. The van der Waals surface area contributed by atoms with Crippen molar-refractivity contribution >= 4 is 5.91 Å². The number of para-hydroxylation sites is 1. The van der Waals surface area contributed by atoms with E-state index in [1.165, 1.54) is 12.1 Å². The van der Waals surface area contributed by atoms with Crippen LogP contribution in [0.4, 0.5) is 8.78 Å². The lowest BCUT2D eigenvalue weighted by molar-refractivity contribution is -0.123. The minimum Gasteiger partial charge on any atom is -0.496 e. The highest BCUT2D eigenvalue weighted by atomic mass is 19.1. The second kappa shape index (κ2) is 8.76. The Bertz CT molecular complexity index is 767. The molecule has 3 atom stereocenters. The third-order valence-corrected chi connectivity index (χ3v) is 4.29. The van der Waals surface area contributed by atoms with Crippen LogP contribution in [0.3, 0.4) is 0 Å². The zero-order valence-corrected chi connectivity index (χ0v) is 15.3. The van der Waals surface area contributed by atoms with Crippen LogP contribution < -0.4 is 15.4 Å². The normalized spacial score (nSPS) is 14.4. The molecule has 0 aliphatic rings. The Morgan fingerprint density at radius 1 is 1.00 bits per heavy atom. The van der Waals surface area contributed by atoms with E-state index in [1.807, 2.05) is 31.2 Å². The summed E-state index contributed by atoms with van der Waals surface area (Å²) in [6, 6.07) is 9.61. The Balaban J connectivity index is 2.00. The van der Waals surface area contributed by atoms with E-state index in [4.69, 9.17) is 4.74 Å². The van der Waals surface area contributed by atoms with Crippen molar-refractivity contribution in [3.8, 4) is 5.75 Å². The number of ether oxygens (including phenoxy) is 1. The van der Waals surface area contributed by atoms with E-state index >= 15 is 0 Å². The summed E-state index contributed by atoms with van der Waals surface area (Å²) in [5.41, 5.74) is 1.18. The fourth-order valence-electron chi connectivity index (χ4n) is 2.83. The van der Waals surface area contributed by atoms with Gasteiger partial charge in [-0.25, -0.2) is 8.78 Å². The molecule has 0 bridgehead atoms. The number of carbonyl (C=O) groups is 1. The van der Waals surface area contributed by atoms with E-state index in [9.17, 15) is 13.6 Å². The van der Waals surface area contributed by atoms with Gasteiger partial charge < -0.3 is 10.1 Å². The Hall–Kier alpha value is -2.47. The Labute approximate surface area is 152 Å².